The molecule has 0 spiro atoms. The van der Waals surface area contributed by atoms with Crippen molar-refractivity contribution in [2.24, 2.45) is 0 Å². The van der Waals surface area contributed by atoms with Crippen molar-refractivity contribution in [2.75, 3.05) is 5.32 Å². The molecule has 0 radical (unpaired) electrons. The lowest BCUT2D eigenvalue weighted by atomic mass is 10.0. The Bertz CT molecular complexity index is 734. The van der Waals surface area contributed by atoms with Crippen LogP contribution in [0.1, 0.15) is 6.92 Å². The van der Waals surface area contributed by atoms with E-state index in [1.807, 2.05) is 0 Å². The summed E-state index contributed by atoms with van der Waals surface area (Å²) in [6.45, 7) is 1.49. The first-order chi connectivity index (χ1) is 10.4. The molecule has 1 amide bonds. The summed E-state index contributed by atoms with van der Waals surface area (Å²) < 4.78 is 14.0. The molecule has 0 heterocycles. The van der Waals surface area contributed by atoms with E-state index < -0.39 is 22.0 Å². The van der Waals surface area contributed by atoms with E-state index in [-0.39, 0.29) is 22.5 Å². The average molecular weight is 323 g/mol. The summed E-state index contributed by atoms with van der Waals surface area (Å²) in [6, 6.07) is 9.64. The monoisotopic (exact) mass is 322 g/mol. The van der Waals surface area contributed by atoms with Gasteiger partial charge >= 0.3 is 0 Å². The Hall–Kier alpha value is -2.47. The van der Waals surface area contributed by atoms with Crippen molar-refractivity contribution in [3.8, 4) is 11.1 Å². The number of nitrogens with one attached hydrogen (secondary N) is 1. The number of halogens is 2. The summed E-state index contributed by atoms with van der Waals surface area (Å²) in [4.78, 5) is 22.1. The topological polar surface area (TPSA) is 72.2 Å². The van der Waals surface area contributed by atoms with Crippen molar-refractivity contribution < 1.29 is 14.1 Å². The fraction of sp³-hybridized carbons (Fsp3) is 0.133. The van der Waals surface area contributed by atoms with Gasteiger partial charge in [-0.2, -0.15) is 0 Å². The molecule has 0 saturated heterocycles. The van der Waals surface area contributed by atoms with Gasteiger partial charge in [-0.1, -0.05) is 18.2 Å². The zero-order chi connectivity index (χ0) is 16.3. The number of nitro groups is 1. The van der Waals surface area contributed by atoms with Gasteiger partial charge in [-0.3, -0.25) is 14.9 Å². The predicted octanol–water partition coefficient (Wildman–Crippen LogP) is 3.97. The number of amides is 1. The lowest BCUT2D eigenvalue weighted by molar-refractivity contribution is -0.384. The highest BCUT2D eigenvalue weighted by Gasteiger charge is 2.18. The van der Waals surface area contributed by atoms with Gasteiger partial charge in [-0.05, 0) is 19.1 Å². The maximum atomic E-state index is 14.0. The number of carbonyl (C=O) groups is 1. The third-order valence-corrected chi connectivity index (χ3v) is 3.20. The maximum absolute atomic E-state index is 14.0. The Morgan fingerprint density at radius 2 is 1.95 bits per heavy atom. The molecule has 0 bridgehead atoms. The van der Waals surface area contributed by atoms with Gasteiger partial charge in [0.05, 0.1) is 4.92 Å². The number of hydrogen-bond acceptors (Lipinski definition) is 3. The number of nitrogens with zero attached hydrogens (tertiary/aromatic N) is 1. The second-order valence-corrected chi connectivity index (χ2v) is 5.23. The lowest BCUT2D eigenvalue weighted by Crippen LogP contribution is -2.20. The van der Waals surface area contributed by atoms with Gasteiger partial charge in [0, 0.05) is 28.9 Å². The fourth-order valence-electron chi connectivity index (χ4n) is 1.89. The number of hydrogen-bond donors (Lipinski definition) is 1. The Morgan fingerprint density at radius 1 is 1.27 bits per heavy atom. The molecule has 2 aromatic carbocycles. The summed E-state index contributed by atoms with van der Waals surface area (Å²) in [5.74, 6) is -1.02. The SMILES string of the molecule is CC(Cl)C(=O)Nc1ccc([N+](=O)[O-])cc1-c1ccccc1F. The predicted molar refractivity (Wildman–Crippen MR) is 82.4 cm³/mol. The van der Waals surface area contributed by atoms with Crippen molar-refractivity contribution in [1.82, 2.24) is 0 Å². The van der Waals surface area contributed by atoms with E-state index in [1.165, 1.54) is 43.3 Å². The molecular weight excluding hydrogens is 311 g/mol. The minimum absolute atomic E-state index is 0.156. The normalized spacial score (nSPS) is 11.8. The van der Waals surface area contributed by atoms with E-state index in [1.54, 1.807) is 6.07 Å². The van der Waals surface area contributed by atoms with Gasteiger partial charge in [0.2, 0.25) is 5.91 Å². The molecule has 22 heavy (non-hydrogen) atoms. The lowest BCUT2D eigenvalue weighted by Gasteiger charge is -2.12. The molecule has 2 aromatic rings. The van der Waals surface area contributed by atoms with Gasteiger partial charge in [-0.15, -0.1) is 11.6 Å². The molecule has 0 saturated carbocycles. The average Bonchev–Trinajstić information content (AvgIpc) is 2.48. The molecule has 0 aromatic heterocycles. The summed E-state index contributed by atoms with van der Waals surface area (Å²) in [5.41, 5.74) is 0.435. The van der Waals surface area contributed by atoms with E-state index in [0.29, 0.717) is 0 Å². The number of rotatable bonds is 4. The number of nitro benzene ring substituents is 1. The van der Waals surface area contributed by atoms with Crippen LogP contribution in [0.15, 0.2) is 42.5 Å². The maximum Gasteiger partial charge on any atom is 0.270 e. The molecule has 0 aliphatic carbocycles. The zero-order valence-corrected chi connectivity index (χ0v) is 12.3. The van der Waals surface area contributed by atoms with Gasteiger partial charge in [0.25, 0.3) is 5.69 Å². The van der Waals surface area contributed by atoms with Crippen LogP contribution in [0.4, 0.5) is 15.8 Å². The second kappa shape index (κ2) is 6.53. The minimum atomic E-state index is -0.788. The van der Waals surface area contributed by atoms with E-state index in [9.17, 15) is 19.3 Å². The number of anilines is 1. The standard InChI is InChI=1S/C15H12ClFN2O3/c1-9(16)15(20)18-14-7-6-10(19(21)22)8-12(14)11-4-2-3-5-13(11)17/h2-9H,1H3,(H,18,20). The molecule has 1 unspecified atom stereocenters. The Labute approximate surface area is 130 Å². The van der Waals surface area contributed by atoms with E-state index in [4.69, 9.17) is 11.6 Å². The molecule has 5 nitrogen and oxygen atoms in total. The molecule has 0 fully saturated rings. The van der Waals surface area contributed by atoms with Crippen LogP contribution >= 0.6 is 11.6 Å². The molecule has 0 aliphatic heterocycles. The molecule has 2 rings (SSSR count). The highest BCUT2D eigenvalue weighted by atomic mass is 35.5. The van der Waals surface area contributed by atoms with Gasteiger partial charge in [0.15, 0.2) is 0 Å². The van der Waals surface area contributed by atoms with Crippen molar-refractivity contribution >= 4 is 28.9 Å². The summed E-state index contributed by atoms with van der Waals surface area (Å²) in [6.07, 6.45) is 0. The van der Waals surface area contributed by atoms with Crippen LogP contribution in [0, 0.1) is 15.9 Å². The highest BCUT2D eigenvalue weighted by molar-refractivity contribution is 6.32. The number of non-ortho nitro benzene ring substituents is 1. The fourth-order valence-corrected chi connectivity index (χ4v) is 1.94. The summed E-state index contributed by atoms with van der Waals surface area (Å²) >= 11 is 5.70. The van der Waals surface area contributed by atoms with Gasteiger partial charge in [-0.25, -0.2) is 4.39 Å². The first kappa shape index (κ1) is 15.9. The summed E-state index contributed by atoms with van der Waals surface area (Å²) in [7, 11) is 0. The molecular formula is C15H12ClFN2O3. The Morgan fingerprint density at radius 3 is 2.55 bits per heavy atom. The van der Waals surface area contributed by atoms with Crippen LogP contribution in [-0.4, -0.2) is 16.2 Å². The Kier molecular flexibility index (Phi) is 4.72. The van der Waals surface area contributed by atoms with Crippen molar-refractivity contribution in [2.45, 2.75) is 12.3 Å². The largest absolute Gasteiger partial charge is 0.324 e. The second-order valence-electron chi connectivity index (χ2n) is 4.57. The third kappa shape index (κ3) is 3.40. The molecule has 7 heteroatoms. The zero-order valence-electron chi connectivity index (χ0n) is 11.5. The van der Waals surface area contributed by atoms with Crippen LogP contribution in [0.5, 0.6) is 0 Å². The van der Waals surface area contributed by atoms with Crippen LogP contribution < -0.4 is 5.32 Å². The van der Waals surface area contributed by atoms with E-state index in [0.717, 1.165) is 0 Å². The molecule has 1 N–H and O–H groups in total. The van der Waals surface area contributed by atoms with Crippen LogP contribution in [0.2, 0.25) is 0 Å². The smallest absolute Gasteiger partial charge is 0.270 e. The quantitative estimate of drug-likeness (QED) is 0.526. The van der Waals surface area contributed by atoms with Crippen LogP contribution in [0.25, 0.3) is 11.1 Å². The first-order valence-corrected chi connectivity index (χ1v) is 6.82. The van der Waals surface area contributed by atoms with Crippen molar-refractivity contribution in [3.63, 3.8) is 0 Å². The van der Waals surface area contributed by atoms with Crippen molar-refractivity contribution in [1.29, 1.82) is 0 Å². The number of carbonyl (C=O) groups excluding carboxylic acids is 1. The van der Waals surface area contributed by atoms with E-state index >= 15 is 0 Å². The van der Waals surface area contributed by atoms with Crippen LogP contribution in [-0.2, 0) is 4.79 Å². The first-order valence-electron chi connectivity index (χ1n) is 6.38. The third-order valence-electron chi connectivity index (χ3n) is 3.00. The van der Waals surface area contributed by atoms with Crippen molar-refractivity contribution in [3.05, 3.63) is 58.4 Å². The molecule has 114 valence electrons. The number of alkyl halides is 1. The molecule has 1 atom stereocenters. The Balaban J connectivity index is 2.57. The summed E-state index contributed by atoms with van der Waals surface area (Å²) in [5, 5.41) is 12.7. The van der Waals surface area contributed by atoms with Crippen LogP contribution in [0.3, 0.4) is 0 Å². The van der Waals surface area contributed by atoms with Gasteiger partial charge < -0.3 is 5.32 Å². The molecule has 0 aliphatic rings. The minimum Gasteiger partial charge on any atom is -0.324 e. The van der Waals surface area contributed by atoms with Gasteiger partial charge in [0.1, 0.15) is 11.2 Å². The number of benzene rings is 2. The van der Waals surface area contributed by atoms with E-state index in [2.05, 4.69) is 5.32 Å². The highest BCUT2D eigenvalue weighted by Crippen LogP contribution is 2.33.